The minimum absolute atomic E-state index is 0.0531. The second-order valence-corrected chi connectivity index (χ2v) is 6.86. The largest absolute Gasteiger partial charge is 0.337 e. The number of hydrogen-bond acceptors (Lipinski definition) is 3. The maximum absolute atomic E-state index is 12.7. The second-order valence-electron chi connectivity index (χ2n) is 6.48. The molecule has 116 valence electrons. The fraction of sp³-hybridized carbons (Fsp3) is 0.625. The highest BCUT2D eigenvalue weighted by Gasteiger charge is 2.34. The molecule has 21 heavy (non-hydrogen) atoms. The molecule has 2 heterocycles. The monoisotopic (exact) mass is 309 g/mol. The molecule has 1 aliphatic heterocycles. The molecule has 0 aromatic carbocycles. The molecule has 1 aliphatic rings. The quantitative estimate of drug-likeness (QED) is 0.806. The normalized spacial score (nSPS) is 22.4. The van der Waals surface area contributed by atoms with Crippen molar-refractivity contribution in [2.75, 3.05) is 27.2 Å². The summed E-state index contributed by atoms with van der Waals surface area (Å²) in [5, 5.41) is 0.390. The van der Waals surface area contributed by atoms with Crippen LogP contribution in [0.3, 0.4) is 0 Å². The average molecular weight is 310 g/mol. The van der Waals surface area contributed by atoms with Crippen LogP contribution in [0.2, 0.25) is 5.15 Å². The Bertz CT molecular complexity index is 530. The molecular formula is C16H24ClN3O. The molecule has 5 heteroatoms. The maximum Gasteiger partial charge on any atom is 0.254 e. The number of pyridine rings is 1. The number of carbonyl (C=O) groups is 1. The number of rotatable bonds is 3. The number of likely N-dealkylation sites (tertiary alicyclic amines) is 1. The zero-order valence-corrected chi connectivity index (χ0v) is 14.2. The first-order valence-corrected chi connectivity index (χ1v) is 7.80. The highest BCUT2D eigenvalue weighted by Crippen LogP contribution is 2.24. The van der Waals surface area contributed by atoms with E-state index in [9.17, 15) is 4.79 Å². The van der Waals surface area contributed by atoms with E-state index in [1.807, 2.05) is 24.8 Å². The molecule has 1 aromatic heterocycles. The number of carbonyl (C=O) groups excluding carboxylic acids is 1. The third-order valence-corrected chi connectivity index (χ3v) is 4.37. The van der Waals surface area contributed by atoms with Gasteiger partial charge in [-0.3, -0.25) is 4.79 Å². The van der Waals surface area contributed by atoms with Gasteiger partial charge in [0.1, 0.15) is 5.15 Å². The fourth-order valence-corrected chi connectivity index (χ4v) is 3.12. The van der Waals surface area contributed by atoms with Crippen molar-refractivity contribution in [1.29, 1.82) is 0 Å². The van der Waals surface area contributed by atoms with E-state index in [-0.39, 0.29) is 11.8 Å². The van der Waals surface area contributed by atoms with Crippen molar-refractivity contribution >= 4 is 17.5 Å². The van der Waals surface area contributed by atoms with E-state index >= 15 is 0 Å². The molecule has 0 bridgehead atoms. The van der Waals surface area contributed by atoms with Crippen LogP contribution in [0, 0.1) is 5.92 Å². The molecule has 0 N–H and O–H groups in total. The first-order valence-electron chi connectivity index (χ1n) is 7.42. The van der Waals surface area contributed by atoms with Crippen molar-refractivity contribution in [2.24, 2.45) is 5.92 Å². The van der Waals surface area contributed by atoms with Gasteiger partial charge in [0.2, 0.25) is 0 Å². The van der Waals surface area contributed by atoms with Crippen LogP contribution in [0.1, 0.15) is 42.7 Å². The van der Waals surface area contributed by atoms with Gasteiger partial charge in [-0.25, -0.2) is 4.98 Å². The molecule has 0 radical (unpaired) electrons. The van der Waals surface area contributed by atoms with Crippen molar-refractivity contribution in [3.05, 3.63) is 28.5 Å². The Morgan fingerprint density at radius 3 is 2.57 bits per heavy atom. The third-order valence-electron chi connectivity index (χ3n) is 4.18. The average Bonchev–Trinajstić information content (AvgIpc) is 2.79. The lowest BCUT2D eigenvalue weighted by molar-refractivity contribution is 0.0781. The number of likely N-dealkylation sites (N-methyl/N-ethyl adjacent to an activating group) is 1. The van der Waals surface area contributed by atoms with E-state index in [0.717, 1.165) is 18.8 Å². The van der Waals surface area contributed by atoms with Gasteiger partial charge in [-0.15, -0.1) is 0 Å². The third kappa shape index (κ3) is 3.55. The highest BCUT2D eigenvalue weighted by atomic mass is 35.5. The molecule has 2 rings (SSSR count). The van der Waals surface area contributed by atoms with Crippen LogP contribution in [0.25, 0.3) is 0 Å². The number of nitrogens with zero attached hydrogens (tertiary/aromatic N) is 3. The molecule has 0 saturated carbocycles. The Morgan fingerprint density at radius 2 is 2.05 bits per heavy atom. The van der Waals surface area contributed by atoms with E-state index in [4.69, 9.17) is 11.6 Å². The van der Waals surface area contributed by atoms with Crippen LogP contribution < -0.4 is 0 Å². The van der Waals surface area contributed by atoms with Crippen LogP contribution in [-0.4, -0.2) is 53.9 Å². The number of hydrogen-bond donors (Lipinski definition) is 0. The number of halogens is 1. The Morgan fingerprint density at radius 1 is 1.38 bits per heavy atom. The topological polar surface area (TPSA) is 36.4 Å². The Balaban J connectivity index is 2.21. The van der Waals surface area contributed by atoms with Crippen LogP contribution in [0.5, 0.6) is 0 Å². The van der Waals surface area contributed by atoms with Gasteiger partial charge >= 0.3 is 0 Å². The summed E-state index contributed by atoms with van der Waals surface area (Å²) in [5.41, 5.74) is 1.51. The van der Waals surface area contributed by atoms with Gasteiger partial charge in [0.05, 0.1) is 0 Å². The Hall–Kier alpha value is -1.13. The van der Waals surface area contributed by atoms with Crippen molar-refractivity contribution in [1.82, 2.24) is 14.8 Å². The summed E-state index contributed by atoms with van der Waals surface area (Å²) in [6, 6.07) is 3.95. The van der Waals surface area contributed by atoms with Gasteiger partial charge in [-0.1, -0.05) is 32.4 Å². The predicted molar refractivity (Wildman–Crippen MR) is 85.9 cm³/mol. The zero-order chi connectivity index (χ0) is 15.7. The summed E-state index contributed by atoms with van der Waals surface area (Å²) in [7, 11) is 4.13. The lowest BCUT2D eigenvalue weighted by Gasteiger charge is -2.22. The molecule has 4 nitrogen and oxygen atoms in total. The van der Waals surface area contributed by atoms with E-state index in [1.165, 1.54) is 0 Å². The van der Waals surface area contributed by atoms with E-state index < -0.39 is 0 Å². The SMILES string of the molecule is CC(C)c1cc(C(=O)N2CC(C)C(N(C)C)C2)cc(Cl)n1. The molecular weight excluding hydrogens is 286 g/mol. The zero-order valence-electron chi connectivity index (χ0n) is 13.4. The minimum Gasteiger partial charge on any atom is -0.337 e. The fourth-order valence-electron chi connectivity index (χ4n) is 2.91. The molecule has 0 aliphatic carbocycles. The lowest BCUT2D eigenvalue weighted by Crippen LogP contribution is -2.35. The van der Waals surface area contributed by atoms with E-state index in [1.54, 1.807) is 6.07 Å². The van der Waals surface area contributed by atoms with Crippen LogP contribution >= 0.6 is 11.6 Å². The van der Waals surface area contributed by atoms with E-state index in [0.29, 0.717) is 22.7 Å². The van der Waals surface area contributed by atoms with Crippen molar-refractivity contribution in [2.45, 2.75) is 32.7 Å². The van der Waals surface area contributed by atoms with Gasteiger partial charge in [0, 0.05) is 30.4 Å². The van der Waals surface area contributed by atoms with Crippen LogP contribution in [0.4, 0.5) is 0 Å². The van der Waals surface area contributed by atoms with Gasteiger partial charge in [-0.2, -0.15) is 0 Å². The first-order chi connectivity index (χ1) is 9.79. The maximum atomic E-state index is 12.7. The van der Waals surface area contributed by atoms with Crippen LogP contribution in [0.15, 0.2) is 12.1 Å². The van der Waals surface area contributed by atoms with Crippen molar-refractivity contribution in [3.8, 4) is 0 Å². The van der Waals surface area contributed by atoms with Crippen molar-refractivity contribution < 1.29 is 4.79 Å². The minimum atomic E-state index is 0.0531. The Kier molecular flexibility index (Phi) is 4.89. The van der Waals surface area contributed by atoms with Gasteiger partial charge in [0.15, 0.2) is 0 Å². The Labute approximate surface area is 132 Å². The molecule has 1 aromatic rings. The van der Waals surface area contributed by atoms with Crippen LogP contribution in [-0.2, 0) is 0 Å². The van der Waals surface area contributed by atoms with Gasteiger partial charge < -0.3 is 9.80 Å². The number of aromatic nitrogens is 1. The molecule has 2 atom stereocenters. The summed E-state index contributed by atoms with van der Waals surface area (Å²) in [6.45, 7) is 7.85. The summed E-state index contributed by atoms with van der Waals surface area (Å²) < 4.78 is 0. The molecule has 2 unspecified atom stereocenters. The molecule has 1 amide bonds. The van der Waals surface area contributed by atoms with Gasteiger partial charge in [-0.05, 0) is 38.1 Å². The van der Waals surface area contributed by atoms with Crippen molar-refractivity contribution in [3.63, 3.8) is 0 Å². The van der Waals surface area contributed by atoms with E-state index in [2.05, 4.69) is 30.9 Å². The molecule has 0 spiro atoms. The summed E-state index contributed by atoms with van der Waals surface area (Å²) >= 11 is 6.06. The van der Waals surface area contributed by atoms with Gasteiger partial charge in [0.25, 0.3) is 5.91 Å². The lowest BCUT2D eigenvalue weighted by atomic mass is 10.1. The predicted octanol–water partition coefficient (Wildman–Crippen LogP) is 2.88. The smallest absolute Gasteiger partial charge is 0.254 e. The summed E-state index contributed by atoms with van der Waals surface area (Å²) in [6.07, 6.45) is 0. The molecule has 1 fully saturated rings. The number of amides is 1. The second kappa shape index (κ2) is 6.32. The summed E-state index contributed by atoms with van der Waals surface area (Å²) in [5.74, 6) is 0.783. The standard InChI is InChI=1S/C16H24ClN3O/c1-10(2)13-6-12(7-15(17)18-13)16(21)20-8-11(3)14(9-20)19(4)5/h6-7,10-11,14H,8-9H2,1-5H3. The first kappa shape index (κ1) is 16.2. The highest BCUT2D eigenvalue weighted by molar-refractivity contribution is 6.29. The molecule has 1 saturated heterocycles. The summed E-state index contributed by atoms with van der Waals surface area (Å²) in [4.78, 5) is 21.1.